The molecule has 1 unspecified atom stereocenters. The standard InChI is InChI=1S/C15H15BrFNO2S/c1-10(18-15-9-12(17)5-8-14(15)16)11-3-6-13(7-4-11)21(2,19)20/h3-10,18H,1-2H3. The van der Waals surface area contributed by atoms with Gasteiger partial charge in [-0.2, -0.15) is 0 Å². The summed E-state index contributed by atoms with van der Waals surface area (Å²) in [4.78, 5) is 0.283. The minimum absolute atomic E-state index is 0.0864. The predicted molar refractivity (Wildman–Crippen MR) is 85.7 cm³/mol. The highest BCUT2D eigenvalue weighted by Crippen LogP contribution is 2.27. The summed E-state index contributed by atoms with van der Waals surface area (Å²) in [6, 6.07) is 11.0. The van der Waals surface area contributed by atoms with Crippen molar-refractivity contribution in [3.05, 3.63) is 58.3 Å². The molecule has 0 aliphatic heterocycles. The highest BCUT2D eigenvalue weighted by atomic mass is 79.9. The topological polar surface area (TPSA) is 46.2 Å². The van der Waals surface area contributed by atoms with E-state index in [-0.39, 0.29) is 16.8 Å². The largest absolute Gasteiger partial charge is 0.378 e. The van der Waals surface area contributed by atoms with E-state index in [0.29, 0.717) is 5.69 Å². The smallest absolute Gasteiger partial charge is 0.175 e. The van der Waals surface area contributed by atoms with E-state index >= 15 is 0 Å². The molecule has 6 heteroatoms. The molecule has 0 aliphatic carbocycles. The van der Waals surface area contributed by atoms with Crippen LogP contribution < -0.4 is 5.32 Å². The number of benzene rings is 2. The van der Waals surface area contributed by atoms with E-state index in [0.717, 1.165) is 10.0 Å². The summed E-state index contributed by atoms with van der Waals surface area (Å²) >= 11 is 3.36. The quantitative estimate of drug-likeness (QED) is 0.877. The van der Waals surface area contributed by atoms with Crippen molar-refractivity contribution in [1.82, 2.24) is 0 Å². The van der Waals surface area contributed by atoms with Gasteiger partial charge in [-0.25, -0.2) is 12.8 Å². The van der Waals surface area contributed by atoms with Crippen LogP contribution in [0.2, 0.25) is 0 Å². The van der Waals surface area contributed by atoms with Gasteiger partial charge in [-0.3, -0.25) is 0 Å². The van der Waals surface area contributed by atoms with Gasteiger partial charge in [-0.1, -0.05) is 12.1 Å². The fourth-order valence-electron chi connectivity index (χ4n) is 1.93. The number of hydrogen-bond acceptors (Lipinski definition) is 3. The van der Waals surface area contributed by atoms with Crippen molar-refractivity contribution < 1.29 is 12.8 Å². The predicted octanol–water partition coefficient (Wildman–Crippen LogP) is 4.16. The summed E-state index contributed by atoms with van der Waals surface area (Å²) in [5.41, 5.74) is 1.56. The molecule has 0 aliphatic rings. The van der Waals surface area contributed by atoms with Gasteiger partial charge in [0.05, 0.1) is 10.6 Å². The number of hydrogen-bond donors (Lipinski definition) is 1. The van der Waals surface area contributed by atoms with Crippen LogP contribution in [0, 0.1) is 5.82 Å². The fraction of sp³-hybridized carbons (Fsp3) is 0.200. The molecule has 0 aromatic heterocycles. The van der Waals surface area contributed by atoms with Crippen LogP contribution in [-0.4, -0.2) is 14.7 Å². The van der Waals surface area contributed by atoms with E-state index in [1.165, 1.54) is 18.4 Å². The van der Waals surface area contributed by atoms with E-state index in [1.807, 2.05) is 6.92 Å². The van der Waals surface area contributed by atoms with Crippen molar-refractivity contribution >= 4 is 31.5 Å². The first-order chi connectivity index (χ1) is 9.77. The first-order valence-electron chi connectivity index (χ1n) is 6.29. The molecule has 0 saturated heterocycles. The zero-order chi connectivity index (χ0) is 15.6. The second-order valence-electron chi connectivity index (χ2n) is 4.83. The van der Waals surface area contributed by atoms with Crippen LogP contribution in [0.15, 0.2) is 51.8 Å². The van der Waals surface area contributed by atoms with Crippen molar-refractivity contribution in [3.63, 3.8) is 0 Å². The van der Waals surface area contributed by atoms with Crippen LogP contribution in [-0.2, 0) is 9.84 Å². The molecule has 1 N–H and O–H groups in total. The van der Waals surface area contributed by atoms with Crippen molar-refractivity contribution in [2.75, 3.05) is 11.6 Å². The maximum atomic E-state index is 13.3. The molecule has 0 amide bonds. The fourth-order valence-corrected chi connectivity index (χ4v) is 2.92. The Kier molecular flexibility index (Phi) is 4.68. The molecule has 2 aromatic rings. The van der Waals surface area contributed by atoms with E-state index < -0.39 is 9.84 Å². The summed E-state index contributed by atoms with van der Waals surface area (Å²) in [7, 11) is -3.19. The molecule has 0 radical (unpaired) electrons. The summed E-state index contributed by atoms with van der Waals surface area (Å²) in [5, 5.41) is 3.19. The lowest BCUT2D eigenvalue weighted by Crippen LogP contribution is -2.08. The van der Waals surface area contributed by atoms with Gasteiger partial charge in [-0.05, 0) is 58.7 Å². The number of sulfone groups is 1. The SMILES string of the molecule is CC(Nc1cc(F)ccc1Br)c1ccc(S(C)(=O)=O)cc1. The molecule has 0 saturated carbocycles. The van der Waals surface area contributed by atoms with Gasteiger partial charge in [0.25, 0.3) is 0 Å². The second-order valence-corrected chi connectivity index (χ2v) is 7.70. The van der Waals surface area contributed by atoms with Crippen molar-refractivity contribution in [1.29, 1.82) is 0 Å². The van der Waals surface area contributed by atoms with Gasteiger partial charge < -0.3 is 5.32 Å². The second kappa shape index (κ2) is 6.15. The van der Waals surface area contributed by atoms with Crippen molar-refractivity contribution in [2.45, 2.75) is 17.9 Å². The van der Waals surface area contributed by atoms with Crippen LogP contribution in [0.4, 0.5) is 10.1 Å². The third-order valence-corrected chi connectivity index (χ3v) is 4.93. The first kappa shape index (κ1) is 16.0. The van der Waals surface area contributed by atoms with Gasteiger partial charge in [0, 0.05) is 16.8 Å². The lowest BCUT2D eigenvalue weighted by molar-refractivity contribution is 0.601. The van der Waals surface area contributed by atoms with E-state index in [9.17, 15) is 12.8 Å². The van der Waals surface area contributed by atoms with Crippen molar-refractivity contribution in [3.8, 4) is 0 Å². The lowest BCUT2D eigenvalue weighted by Gasteiger charge is -2.17. The average molecular weight is 372 g/mol. The van der Waals surface area contributed by atoms with Crippen LogP contribution >= 0.6 is 15.9 Å². The van der Waals surface area contributed by atoms with Crippen LogP contribution in [0.25, 0.3) is 0 Å². The highest BCUT2D eigenvalue weighted by Gasteiger charge is 2.11. The molecule has 2 aromatic carbocycles. The molecule has 2 rings (SSSR count). The lowest BCUT2D eigenvalue weighted by atomic mass is 10.1. The van der Waals surface area contributed by atoms with Gasteiger partial charge in [0.2, 0.25) is 0 Å². The average Bonchev–Trinajstić information content (AvgIpc) is 2.42. The Morgan fingerprint density at radius 1 is 1.14 bits per heavy atom. The summed E-state index contributed by atoms with van der Waals surface area (Å²) in [6.07, 6.45) is 1.17. The molecular weight excluding hydrogens is 357 g/mol. The third-order valence-electron chi connectivity index (χ3n) is 3.11. The maximum absolute atomic E-state index is 13.3. The maximum Gasteiger partial charge on any atom is 0.175 e. The molecule has 3 nitrogen and oxygen atoms in total. The zero-order valence-corrected chi connectivity index (χ0v) is 14.0. The Balaban J connectivity index is 2.20. The Morgan fingerprint density at radius 3 is 2.33 bits per heavy atom. The Bertz CT molecular complexity index is 745. The van der Waals surface area contributed by atoms with Gasteiger partial charge in [0.15, 0.2) is 9.84 Å². The molecule has 21 heavy (non-hydrogen) atoms. The first-order valence-corrected chi connectivity index (χ1v) is 8.97. The summed E-state index contributed by atoms with van der Waals surface area (Å²) in [6.45, 7) is 1.92. The third kappa shape index (κ3) is 4.04. The normalized spacial score (nSPS) is 13.0. The number of rotatable bonds is 4. The minimum atomic E-state index is -3.19. The number of anilines is 1. The van der Waals surface area contributed by atoms with Gasteiger partial charge in [0.1, 0.15) is 5.82 Å². The molecular formula is C15H15BrFNO2S. The molecule has 1 atom stereocenters. The number of halogens is 2. The molecule has 0 bridgehead atoms. The van der Waals surface area contributed by atoms with Crippen molar-refractivity contribution in [2.24, 2.45) is 0 Å². The van der Waals surface area contributed by atoms with E-state index in [1.54, 1.807) is 30.3 Å². The monoisotopic (exact) mass is 371 g/mol. The highest BCUT2D eigenvalue weighted by molar-refractivity contribution is 9.10. The molecule has 112 valence electrons. The van der Waals surface area contributed by atoms with Gasteiger partial charge >= 0.3 is 0 Å². The van der Waals surface area contributed by atoms with Crippen LogP contribution in [0.1, 0.15) is 18.5 Å². The van der Waals surface area contributed by atoms with E-state index in [4.69, 9.17) is 0 Å². The summed E-state index contributed by atoms with van der Waals surface area (Å²) in [5.74, 6) is -0.319. The van der Waals surface area contributed by atoms with Crippen LogP contribution in [0.3, 0.4) is 0 Å². The molecule has 0 fully saturated rings. The van der Waals surface area contributed by atoms with Gasteiger partial charge in [-0.15, -0.1) is 0 Å². The minimum Gasteiger partial charge on any atom is -0.378 e. The Labute approximate surface area is 132 Å². The Morgan fingerprint density at radius 2 is 1.76 bits per heavy atom. The van der Waals surface area contributed by atoms with E-state index in [2.05, 4.69) is 21.2 Å². The molecule has 0 heterocycles. The zero-order valence-electron chi connectivity index (χ0n) is 11.6. The number of nitrogens with one attached hydrogen (secondary N) is 1. The van der Waals surface area contributed by atoms with Crippen LogP contribution in [0.5, 0.6) is 0 Å². The Hall–Kier alpha value is -1.40. The molecule has 0 spiro atoms. The summed E-state index contributed by atoms with van der Waals surface area (Å²) < 4.78 is 36.9.